The lowest BCUT2D eigenvalue weighted by molar-refractivity contribution is -0.147. The van der Waals surface area contributed by atoms with Crippen LogP contribution in [0.3, 0.4) is 0 Å². The second-order valence-corrected chi connectivity index (χ2v) is 8.56. The van der Waals surface area contributed by atoms with E-state index in [1.165, 1.54) is 0 Å². The van der Waals surface area contributed by atoms with Crippen molar-refractivity contribution >= 4 is 12.1 Å². The molecule has 166 valence electrons. The van der Waals surface area contributed by atoms with Crippen molar-refractivity contribution in [2.75, 3.05) is 0 Å². The van der Waals surface area contributed by atoms with Crippen LogP contribution < -0.4 is 5.32 Å². The molecule has 32 heavy (non-hydrogen) atoms. The number of amides is 1. The average molecular weight is 432 g/mol. The largest absolute Gasteiger partial charge is 0.459 e. The topological polar surface area (TPSA) is 64.6 Å². The van der Waals surface area contributed by atoms with Gasteiger partial charge >= 0.3 is 12.1 Å². The van der Waals surface area contributed by atoms with Gasteiger partial charge in [0.2, 0.25) is 0 Å². The maximum atomic E-state index is 12.9. The Labute approximate surface area is 189 Å². The molecule has 0 aliphatic rings. The molecular weight excluding hydrogens is 402 g/mol. The quantitative estimate of drug-likeness (QED) is 0.500. The molecule has 0 unspecified atom stereocenters. The first kappa shape index (κ1) is 23.1. The number of alkyl carbamates (subject to hydrolysis) is 1. The van der Waals surface area contributed by atoms with E-state index >= 15 is 0 Å². The Balaban J connectivity index is 1.75. The van der Waals surface area contributed by atoms with Crippen molar-refractivity contribution in [2.45, 2.75) is 45.4 Å². The van der Waals surface area contributed by atoms with Gasteiger partial charge in [-0.25, -0.2) is 9.59 Å². The monoisotopic (exact) mass is 431 g/mol. The van der Waals surface area contributed by atoms with E-state index < -0.39 is 23.7 Å². The average Bonchev–Trinajstić information content (AvgIpc) is 2.77. The van der Waals surface area contributed by atoms with Crippen molar-refractivity contribution in [3.63, 3.8) is 0 Å². The fourth-order valence-corrected chi connectivity index (χ4v) is 3.22. The van der Waals surface area contributed by atoms with Gasteiger partial charge in [-0.05, 0) is 43.0 Å². The van der Waals surface area contributed by atoms with Crippen LogP contribution >= 0.6 is 0 Å². The van der Waals surface area contributed by atoms with E-state index in [0.717, 1.165) is 22.3 Å². The van der Waals surface area contributed by atoms with Crippen molar-refractivity contribution in [3.8, 4) is 11.1 Å². The standard InChI is InChI=1S/C27H29NO4/c1-27(2,3)32-26(30)28-24(25(29)31-19-20-11-6-4-7-12-20)18-21-13-10-16-23(17-21)22-14-8-5-9-15-22/h4-17,24H,18-19H2,1-3H3,(H,28,30)/t24-/m0/s1. The molecule has 3 aromatic carbocycles. The van der Waals surface area contributed by atoms with E-state index in [2.05, 4.69) is 5.32 Å². The van der Waals surface area contributed by atoms with Gasteiger partial charge in [-0.3, -0.25) is 0 Å². The number of rotatable bonds is 7. The highest BCUT2D eigenvalue weighted by atomic mass is 16.6. The third-order valence-electron chi connectivity index (χ3n) is 4.67. The maximum absolute atomic E-state index is 12.9. The van der Waals surface area contributed by atoms with Crippen molar-refractivity contribution < 1.29 is 19.1 Å². The summed E-state index contributed by atoms with van der Waals surface area (Å²) >= 11 is 0. The molecular formula is C27H29NO4. The van der Waals surface area contributed by atoms with E-state index in [1.54, 1.807) is 20.8 Å². The van der Waals surface area contributed by atoms with E-state index in [9.17, 15) is 9.59 Å². The van der Waals surface area contributed by atoms with Crippen molar-refractivity contribution in [1.29, 1.82) is 0 Å². The number of ether oxygens (including phenoxy) is 2. The molecule has 3 aromatic rings. The molecule has 1 amide bonds. The van der Waals surface area contributed by atoms with Crippen LogP contribution in [0.25, 0.3) is 11.1 Å². The Hall–Kier alpha value is -3.60. The smallest absolute Gasteiger partial charge is 0.408 e. The van der Waals surface area contributed by atoms with Gasteiger partial charge in [-0.1, -0.05) is 84.9 Å². The van der Waals surface area contributed by atoms with Gasteiger partial charge < -0.3 is 14.8 Å². The number of carbonyl (C=O) groups is 2. The molecule has 0 fully saturated rings. The zero-order valence-electron chi connectivity index (χ0n) is 18.7. The van der Waals surface area contributed by atoms with Gasteiger partial charge in [-0.15, -0.1) is 0 Å². The number of hydrogen-bond acceptors (Lipinski definition) is 4. The first-order valence-electron chi connectivity index (χ1n) is 10.6. The highest BCUT2D eigenvalue weighted by Gasteiger charge is 2.26. The predicted octanol–water partition coefficient (Wildman–Crippen LogP) is 5.53. The Morgan fingerprint density at radius 1 is 0.812 bits per heavy atom. The molecule has 0 saturated carbocycles. The first-order chi connectivity index (χ1) is 15.3. The number of esters is 1. The molecule has 5 heteroatoms. The minimum Gasteiger partial charge on any atom is -0.459 e. The summed E-state index contributed by atoms with van der Waals surface area (Å²) in [6, 6.07) is 26.5. The summed E-state index contributed by atoms with van der Waals surface area (Å²) in [7, 11) is 0. The van der Waals surface area contributed by atoms with Gasteiger partial charge in [-0.2, -0.15) is 0 Å². The van der Waals surface area contributed by atoms with Crippen molar-refractivity contribution in [3.05, 3.63) is 96.1 Å². The minimum atomic E-state index is -0.875. The highest BCUT2D eigenvalue weighted by molar-refractivity contribution is 5.82. The summed E-state index contributed by atoms with van der Waals surface area (Å²) in [6.07, 6.45) is -0.369. The molecule has 0 aliphatic heterocycles. The molecule has 1 N–H and O–H groups in total. The van der Waals surface area contributed by atoms with Crippen molar-refractivity contribution in [2.24, 2.45) is 0 Å². The minimum absolute atomic E-state index is 0.135. The Bertz CT molecular complexity index is 1030. The van der Waals surface area contributed by atoms with Crippen LogP contribution in [0.15, 0.2) is 84.9 Å². The van der Waals surface area contributed by atoms with Gasteiger partial charge in [0.25, 0.3) is 0 Å². The van der Waals surface area contributed by atoms with Crippen LogP contribution in [0, 0.1) is 0 Å². The van der Waals surface area contributed by atoms with Gasteiger partial charge in [0.1, 0.15) is 18.2 Å². The molecule has 3 rings (SSSR count). The Kier molecular flexibility index (Phi) is 7.66. The fourth-order valence-electron chi connectivity index (χ4n) is 3.22. The predicted molar refractivity (Wildman–Crippen MR) is 125 cm³/mol. The second-order valence-electron chi connectivity index (χ2n) is 8.56. The number of benzene rings is 3. The highest BCUT2D eigenvalue weighted by Crippen LogP contribution is 2.21. The second kappa shape index (κ2) is 10.6. The van der Waals surface area contributed by atoms with E-state index in [4.69, 9.17) is 9.47 Å². The molecule has 0 radical (unpaired) electrons. The van der Waals surface area contributed by atoms with Crippen LogP contribution in [-0.4, -0.2) is 23.7 Å². The molecule has 0 bridgehead atoms. The van der Waals surface area contributed by atoms with E-state index in [0.29, 0.717) is 0 Å². The zero-order chi connectivity index (χ0) is 23.0. The summed E-state index contributed by atoms with van der Waals surface area (Å²) in [5.74, 6) is -0.509. The fraction of sp³-hybridized carbons (Fsp3) is 0.259. The summed E-state index contributed by atoms with van der Waals surface area (Å²) in [4.78, 5) is 25.3. The molecule has 0 saturated heterocycles. The van der Waals surface area contributed by atoms with Gasteiger partial charge in [0.05, 0.1) is 0 Å². The number of nitrogens with one attached hydrogen (secondary N) is 1. The van der Waals surface area contributed by atoms with Gasteiger partial charge in [0.15, 0.2) is 0 Å². The number of hydrogen-bond donors (Lipinski definition) is 1. The maximum Gasteiger partial charge on any atom is 0.408 e. The Morgan fingerprint density at radius 3 is 2.06 bits per heavy atom. The number of carbonyl (C=O) groups excluding carboxylic acids is 2. The molecule has 0 aliphatic carbocycles. The van der Waals surface area contributed by atoms with Crippen LogP contribution in [0.1, 0.15) is 31.9 Å². The van der Waals surface area contributed by atoms with Crippen LogP contribution in [-0.2, 0) is 27.3 Å². The normalized spacial score (nSPS) is 12.0. The Morgan fingerprint density at radius 2 is 1.41 bits per heavy atom. The summed E-state index contributed by atoms with van der Waals surface area (Å²) in [6.45, 7) is 5.46. The third kappa shape index (κ3) is 7.27. The SMILES string of the molecule is CC(C)(C)OC(=O)N[C@@H](Cc1cccc(-c2ccccc2)c1)C(=O)OCc1ccccc1. The van der Waals surface area contributed by atoms with Crippen LogP contribution in [0.4, 0.5) is 4.79 Å². The lowest BCUT2D eigenvalue weighted by atomic mass is 9.99. The van der Waals surface area contributed by atoms with Gasteiger partial charge in [0, 0.05) is 6.42 Å². The molecule has 0 heterocycles. The van der Waals surface area contributed by atoms with Crippen molar-refractivity contribution in [1.82, 2.24) is 5.32 Å². The van der Waals surface area contributed by atoms with Crippen LogP contribution in [0.2, 0.25) is 0 Å². The lowest BCUT2D eigenvalue weighted by Gasteiger charge is -2.23. The molecule has 0 spiro atoms. The van der Waals surface area contributed by atoms with E-state index in [1.807, 2.05) is 84.9 Å². The summed E-state index contributed by atoms with van der Waals surface area (Å²) in [5, 5.41) is 2.68. The first-order valence-corrected chi connectivity index (χ1v) is 10.6. The molecule has 5 nitrogen and oxygen atoms in total. The molecule has 0 aromatic heterocycles. The lowest BCUT2D eigenvalue weighted by Crippen LogP contribution is -2.45. The zero-order valence-corrected chi connectivity index (χ0v) is 18.7. The summed E-state index contributed by atoms with van der Waals surface area (Å²) in [5.41, 5.74) is 3.23. The van der Waals surface area contributed by atoms with Crippen LogP contribution in [0.5, 0.6) is 0 Å². The summed E-state index contributed by atoms with van der Waals surface area (Å²) < 4.78 is 10.9. The third-order valence-corrected chi connectivity index (χ3v) is 4.67. The molecule has 1 atom stereocenters. The van der Waals surface area contributed by atoms with E-state index in [-0.39, 0.29) is 13.0 Å².